The van der Waals surface area contributed by atoms with Gasteiger partial charge in [0, 0.05) is 22.8 Å². The van der Waals surface area contributed by atoms with Crippen LogP contribution in [0.2, 0.25) is 0 Å². The number of carbonyl (C=O) groups is 1. The van der Waals surface area contributed by atoms with Crippen molar-refractivity contribution in [1.82, 2.24) is 4.98 Å². The molecule has 0 aliphatic rings. The summed E-state index contributed by atoms with van der Waals surface area (Å²) in [6, 6.07) is 1.86. The number of hydrogen-bond donors (Lipinski definition) is 0. The molecule has 1 aromatic heterocycles. The first-order valence-corrected chi connectivity index (χ1v) is 4.08. The normalized spacial score (nSPS) is 9.64. The number of halogens is 1. The summed E-state index contributed by atoms with van der Waals surface area (Å²) in [5.74, 6) is 0. The molecule has 0 atom stereocenters. The van der Waals surface area contributed by atoms with Gasteiger partial charge in [0.1, 0.15) is 6.29 Å². The van der Waals surface area contributed by atoms with E-state index in [4.69, 9.17) is 0 Å². The van der Waals surface area contributed by atoms with Crippen LogP contribution in [0.25, 0.3) is 0 Å². The van der Waals surface area contributed by atoms with Gasteiger partial charge < -0.3 is 4.79 Å². The third-order valence-corrected chi connectivity index (χ3v) is 2.24. The van der Waals surface area contributed by atoms with Crippen molar-refractivity contribution in [2.24, 2.45) is 0 Å². The number of nitrogens with zero attached hydrogens (tertiary/aromatic N) is 1. The Morgan fingerprint density at radius 3 is 3.00 bits per heavy atom. The zero-order chi connectivity index (χ0) is 8.27. The summed E-state index contributed by atoms with van der Waals surface area (Å²) in [6.45, 7) is 1.96. The Morgan fingerprint density at radius 1 is 1.73 bits per heavy atom. The Labute approximate surface area is 73.8 Å². The third-order valence-electron chi connectivity index (χ3n) is 1.39. The molecule has 0 bridgehead atoms. The lowest BCUT2D eigenvalue weighted by atomic mass is 10.2. The van der Waals surface area contributed by atoms with Crippen LogP contribution in [-0.4, -0.2) is 11.3 Å². The molecular formula is C8H8BrNO. The SMILES string of the molecule is Cc1cnc(CC=O)cc1Br. The molecule has 0 saturated carbocycles. The maximum absolute atomic E-state index is 10.1. The summed E-state index contributed by atoms with van der Waals surface area (Å²) >= 11 is 3.36. The van der Waals surface area contributed by atoms with Crippen LogP contribution in [0, 0.1) is 6.92 Å². The van der Waals surface area contributed by atoms with E-state index in [0.717, 1.165) is 22.0 Å². The summed E-state index contributed by atoms with van der Waals surface area (Å²) in [4.78, 5) is 14.2. The van der Waals surface area contributed by atoms with Crippen LogP contribution in [0.3, 0.4) is 0 Å². The van der Waals surface area contributed by atoms with Crippen molar-refractivity contribution in [2.45, 2.75) is 13.3 Å². The van der Waals surface area contributed by atoms with Crippen molar-refractivity contribution in [1.29, 1.82) is 0 Å². The van der Waals surface area contributed by atoms with Crippen molar-refractivity contribution >= 4 is 22.2 Å². The Morgan fingerprint density at radius 2 is 2.45 bits per heavy atom. The molecule has 1 heterocycles. The molecule has 0 saturated heterocycles. The highest BCUT2D eigenvalue weighted by Gasteiger charge is 1.97. The smallest absolute Gasteiger partial charge is 0.125 e. The Hall–Kier alpha value is -0.700. The molecule has 0 aliphatic heterocycles. The average Bonchev–Trinajstić information content (AvgIpc) is 1.98. The maximum Gasteiger partial charge on any atom is 0.125 e. The minimum atomic E-state index is 0.388. The standard InChI is InChI=1S/C8H8BrNO/c1-6-5-10-7(2-3-11)4-8(6)9/h3-5H,2H2,1H3. The van der Waals surface area contributed by atoms with Crippen LogP contribution < -0.4 is 0 Å². The molecule has 58 valence electrons. The van der Waals surface area contributed by atoms with Crippen LogP contribution in [0.5, 0.6) is 0 Å². The second kappa shape index (κ2) is 3.62. The fraction of sp³-hybridized carbons (Fsp3) is 0.250. The van der Waals surface area contributed by atoms with Crippen molar-refractivity contribution < 1.29 is 4.79 Å². The molecule has 0 N–H and O–H groups in total. The fourth-order valence-electron chi connectivity index (χ4n) is 0.736. The molecule has 0 amide bonds. The number of aldehydes is 1. The van der Waals surface area contributed by atoms with Crippen molar-refractivity contribution in [3.05, 3.63) is 28.0 Å². The van der Waals surface area contributed by atoms with E-state index in [2.05, 4.69) is 20.9 Å². The number of hydrogen-bond acceptors (Lipinski definition) is 2. The van der Waals surface area contributed by atoms with E-state index in [1.165, 1.54) is 0 Å². The summed E-state index contributed by atoms with van der Waals surface area (Å²) in [5, 5.41) is 0. The Balaban J connectivity index is 2.95. The molecular weight excluding hydrogens is 206 g/mol. The predicted molar refractivity (Wildman–Crippen MR) is 46.4 cm³/mol. The first-order valence-electron chi connectivity index (χ1n) is 3.28. The van der Waals surface area contributed by atoms with Gasteiger partial charge in [-0.05, 0) is 18.6 Å². The van der Waals surface area contributed by atoms with Crippen molar-refractivity contribution in [3.63, 3.8) is 0 Å². The fourth-order valence-corrected chi connectivity index (χ4v) is 1.10. The second-order valence-electron chi connectivity index (χ2n) is 2.30. The van der Waals surface area contributed by atoms with Gasteiger partial charge in [-0.2, -0.15) is 0 Å². The molecule has 0 spiro atoms. The average molecular weight is 214 g/mol. The molecule has 3 heteroatoms. The Kier molecular flexibility index (Phi) is 2.76. The van der Waals surface area contributed by atoms with Gasteiger partial charge in [0.15, 0.2) is 0 Å². The van der Waals surface area contributed by atoms with Crippen LogP contribution in [0.1, 0.15) is 11.3 Å². The summed E-state index contributed by atoms with van der Waals surface area (Å²) in [7, 11) is 0. The lowest BCUT2D eigenvalue weighted by Crippen LogP contribution is -1.91. The molecule has 1 rings (SSSR count). The lowest BCUT2D eigenvalue weighted by Gasteiger charge is -1.98. The minimum absolute atomic E-state index is 0.388. The molecule has 0 radical (unpaired) electrons. The van der Waals surface area contributed by atoms with E-state index in [-0.39, 0.29) is 0 Å². The second-order valence-corrected chi connectivity index (χ2v) is 3.15. The monoisotopic (exact) mass is 213 g/mol. The van der Waals surface area contributed by atoms with Crippen LogP contribution in [0.4, 0.5) is 0 Å². The van der Waals surface area contributed by atoms with Gasteiger partial charge in [-0.3, -0.25) is 4.98 Å². The minimum Gasteiger partial charge on any atom is -0.303 e. The number of aryl methyl sites for hydroxylation is 1. The third kappa shape index (κ3) is 2.12. The van der Waals surface area contributed by atoms with Gasteiger partial charge >= 0.3 is 0 Å². The van der Waals surface area contributed by atoms with E-state index in [1.54, 1.807) is 6.20 Å². The number of pyridine rings is 1. The lowest BCUT2D eigenvalue weighted by molar-refractivity contribution is -0.107. The molecule has 1 aromatic rings. The molecule has 0 unspecified atom stereocenters. The molecule has 2 nitrogen and oxygen atoms in total. The molecule has 0 aromatic carbocycles. The first-order chi connectivity index (χ1) is 5.24. The zero-order valence-corrected chi connectivity index (χ0v) is 7.76. The molecule has 11 heavy (non-hydrogen) atoms. The largest absolute Gasteiger partial charge is 0.303 e. The highest BCUT2D eigenvalue weighted by molar-refractivity contribution is 9.10. The van der Waals surface area contributed by atoms with Gasteiger partial charge in [0.25, 0.3) is 0 Å². The number of aromatic nitrogens is 1. The van der Waals surface area contributed by atoms with E-state index in [0.29, 0.717) is 6.42 Å². The Bertz CT molecular complexity index is 273. The molecule has 0 aliphatic carbocycles. The van der Waals surface area contributed by atoms with E-state index < -0.39 is 0 Å². The highest BCUT2D eigenvalue weighted by atomic mass is 79.9. The van der Waals surface area contributed by atoms with Crippen LogP contribution in [0.15, 0.2) is 16.7 Å². The van der Waals surface area contributed by atoms with Crippen molar-refractivity contribution in [2.75, 3.05) is 0 Å². The highest BCUT2D eigenvalue weighted by Crippen LogP contribution is 2.15. The van der Waals surface area contributed by atoms with E-state index >= 15 is 0 Å². The number of rotatable bonds is 2. The van der Waals surface area contributed by atoms with Crippen LogP contribution >= 0.6 is 15.9 Å². The van der Waals surface area contributed by atoms with Gasteiger partial charge in [0.2, 0.25) is 0 Å². The van der Waals surface area contributed by atoms with Gasteiger partial charge in [0.05, 0.1) is 0 Å². The van der Waals surface area contributed by atoms with Gasteiger partial charge in [-0.25, -0.2) is 0 Å². The summed E-state index contributed by atoms with van der Waals surface area (Å²) in [6.07, 6.45) is 2.99. The van der Waals surface area contributed by atoms with Crippen LogP contribution in [-0.2, 0) is 11.2 Å². The first kappa shape index (κ1) is 8.40. The van der Waals surface area contributed by atoms with Gasteiger partial charge in [-0.15, -0.1) is 0 Å². The predicted octanol–water partition coefficient (Wildman–Crippen LogP) is 1.89. The summed E-state index contributed by atoms with van der Waals surface area (Å²) in [5.41, 5.74) is 1.89. The quantitative estimate of drug-likeness (QED) is 0.703. The van der Waals surface area contributed by atoms with E-state index in [9.17, 15) is 4.79 Å². The topological polar surface area (TPSA) is 30.0 Å². The zero-order valence-electron chi connectivity index (χ0n) is 6.17. The summed E-state index contributed by atoms with van der Waals surface area (Å²) < 4.78 is 1.00. The molecule has 0 fully saturated rings. The van der Waals surface area contributed by atoms with Gasteiger partial charge in [-0.1, -0.05) is 15.9 Å². The van der Waals surface area contributed by atoms with Crippen molar-refractivity contribution in [3.8, 4) is 0 Å². The maximum atomic E-state index is 10.1. The van der Waals surface area contributed by atoms with E-state index in [1.807, 2.05) is 13.0 Å². The number of carbonyl (C=O) groups excluding carboxylic acids is 1.